The number of aromatic nitrogens is 2. The Labute approximate surface area is 108 Å². The lowest BCUT2D eigenvalue weighted by Gasteiger charge is -2.26. The summed E-state index contributed by atoms with van der Waals surface area (Å²) in [7, 11) is 4.16. The van der Waals surface area contributed by atoms with Gasteiger partial charge in [-0.05, 0) is 45.0 Å². The van der Waals surface area contributed by atoms with Gasteiger partial charge in [-0.1, -0.05) is 0 Å². The Balaban J connectivity index is 2.35. The van der Waals surface area contributed by atoms with Crippen LogP contribution in [0.15, 0.2) is 18.2 Å². The second-order valence-electron chi connectivity index (χ2n) is 4.93. The molecule has 18 heavy (non-hydrogen) atoms. The van der Waals surface area contributed by atoms with Crippen molar-refractivity contribution in [1.82, 2.24) is 9.55 Å². The zero-order valence-corrected chi connectivity index (χ0v) is 11.6. The molecule has 0 radical (unpaired) electrons. The van der Waals surface area contributed by atoms with Gasteiger partial charge >= 0.3 is 0 Å². The summed E-state index contributed by atoms with van der Waals surface area (Å²) in [6, 6.07) is 6.87. The molecule has 98 valence electrons. The van der Waals surface area contributed by atoms with E-state index in [9.17, 15) is 0 Å². The highest BCUT2D eigenvalue weighted by Crippen LogP contribution is 2.23. The lowest BCUT2D eigenvalue weighted by atomic mass is 10.2. The highest BCUT2D eigenvalue weighted by molar-refractivity contribution is 5.80. The number of nitrogens with zero attached hydrogens (tertiary/aromatic N) is 3. The summed E-state index contributed by atoms with van der Waals surface area (Å²) in [5.41, 5.74) is 9.04. The molecular weight excluding hydrogens is 224 g/mol. The van der Waals surface area contributed by atoms with Crippen molar-refractivity contribution in [2.45, 2.75) is 26.3 Å². The Morgan fingerprint density at radius 3 is 2.83 bits per heavy atom. The Kier molecular flexibility index (Phi) is 3.57. The highest BCUT2D eigenvalue weighted by Gasteiger charge is 2.11. The van der Waals surface area contributed by atoms with Crippen LogP contribution in [0.3, 0.4) is 0 Å². The summed E-state index contributed by atoms with van der Waals surface area (Å²) in [4.78, 5) is 6.83. The van der Waals surface area contributed by atoms with Crippen LogP contribution >= 0.6 is 0 Å². The molecule has 1 atom stereocenters. The Morgan fingerprint density at radius 2 is 2.17 bits per heavy atom. The van der Waals surface area contributed by atoms with Crippen molar-refractivity contribution >= 4 is 16.7 Å². The van der Waals surface area contributed by atoms with Gasteiger partial charge < -0.3 is 15.2 Å². The zero-order chi connectivity index (χ0) is 13.3. The third kappa shape index (κ3) is 2.20. The number of aryl methyl sites for hydroxylation is 2. The van der Waals surface area contributed by atoms with Crippen molar-refractivity contribution in [3.05, 3.63) is 24.0 Å². The number of fused-ring (bicyclic) bond motifs is 1. The lowest BCUT2D eigenvalue weighted by molar-refractivity contribution is 0.635. The fourth-order valence-corrected chi connectivity index (χ4v) is 2.22. The van der Waals surface area contributed by atoms with E-state index in [1.807, 2.05) is 14.0 Å². The van der Waals surface area contributed by atoms with Crippen LogP contribution in [0.2, 0.25) is 0 Å². The van der Waals surface area contributed by atoms with Gasteiger partial charge in [-0.3, -0.25) is 0 Å². The van der Waals surface area contributed by atoms with E-state index in [2.05, 4.69) is 46.6 Å². The molecule has 2 rings (SSSR count). The SMILES string of the molecule is Cc1nc2cc(N(C)C(C)CCN)ccc2n1C. The predicted octanol–water partition coefficient (Wildman–Crippen LogP) is 2.06. The third-order valence-electron chi connectivity index (χ3n) is 3.74. The molecule has 4 heteroatoms. The van der Waals surface area contributed by atoms with Crippen LogP contribution < -0.4 is 10.6 Å². The van der Waals surface area contributed by atoms with Crippen LogP contribution in [0.1, 0.15) is 19.2 Å². The molecule has 0 saturated carbocycles. The zero-order valence-electron chi connectivity index (χ0n) is 11.6. The van der Waals surface area contributed by atoms with E-state index >= 15 is 0 Å². The molecule has 0 aliphatic heterocycles. The van der Waals surface area contributed by atoms with Gasteiger partial charge in [-0.25, -0.2) is 4.98 Å². The second kappa shape index (κ2) is 4.98. The molecule has 0 spiro atoms. The number of anilines is 1. The largest absolute Gasteiger partial charge is 0.372 e. The molecule has 1 unspecified atom stereocenters. The molecule has 1 aromatic heterocycles. The Bertz CT molecular complexity index is 544. The van der Waals surface area contributed by atoms with E-state index in [0.717, 1.165) is 24.3 Å². The number of nitrogens with two attached hydrogens (primary N) is 1. The van der Waals surface area contributed by atoms with Crippen molar-refractivity contribution < 1.29 is 0 Å². The van der Waals surface area contributed by atoms with Gasteiger partial charge in [-0.15, -0.1) is 0 Å². The number of benzene rings is 1. The predicted molar refractivity (Wildman–Crippen MR) is 77.0 cm³/mol. The number of rotatable bonds is 4. The average Bonchev–Trinajstić information content (AvgIpc) is 2.64. The first-order chi connectivity index (χ1) is 8.54. The molecule has 2 N–H and O–H groups in total. The summed E-state index contributed by atoms with van der Waals surface area (Å²) in [5.74, 6) is 1.04. The van der Waals surface area contributed by atoms with Crippen molar-refractivity contribution in [2.24, 2.45) is 12.8 Å². The summed E-state index contributed by atoms with van der Waals surface area (Å²) < 4.78 is 2.11. The molecule has 4 nitrogen and oxygen atoms in total. The molecule has 1 heterocycles. The summed E-state index contributed by atoms with van der Waals surface area (Å²) in [5, 5.41) is 0. The van der Waals surface area contributed by atoms with Gasteiger partial charge in [0.25, 0.3) is 0 Å². The first-order valence-electron chi connectivity index (χ1n) is 6.40. The van der Waals surface area contributed by atoms with Crippen LogP contribution in [-0.4, -0.2) is 29.2 Å². The van der Waals surface area contributed by atoms with Crippen LogP contribution in [-0.2, 0) is 7.05 Å². The number of imidazole rings is 1. The topological polar surface area (TPSA) is 47.1 Å². The van der Waals surface area contributed by atoms with E-state index in [-0.39, 0.29) is 0 Å². The van der Waals surface area contributed by atoms with E-state index in [4.69, 9.17) is 5.73 Å². The maximum Gasteiger partial charge on any atom is 0.106 e. The Hall–Kier alpha value is -1.55. The smallest absolute Gasteiger partial charge is 0.106 e. The molecule has 1 aromatic carbocycles. The van der Waals surface area contributed by atoms with Gasteiger partial charge in [0.15, 0.2) is 0 Å². The molecule has 2 aromatic rings. The van der Waals surface area contributed by atoms with Gasteiger partial charge in [0.1, 0.15) is 5.82 Å². The quantitative estimate of drug-likeness (QED) is 0.898. The second-order valence-corrected chi connectivity index (χ2v) is 4.93. The average molecular weight is 246 g/mol. The fraction of sp³-hybridized carbons (Fsp3) is 0.500. The molecule has 0 bridgehead atoms. The lowest BCUT2D eigenvalue weighted by Crippen LogP contribution is -2.30. The maximum atomic E-state index is 5.62. The van der Waals surface area contributed by atoms with E-state index in [1.54, 1.807) is 0 Å². The number of hydrogen-bond acceptors (Lipinski definition) is 3. The van der Waals surface area contributed by atoms with E-state index in [0.29, 0.717) is 6.04 Å². The fourth-order valence-electron chi connectivity index (χ4n) is 2.22. The molecular formula is C14H22N4. The van der Waals surface area contributed by atoms with Crippen LogP contribution in [0, 0.1) is 6.92 Å². The Morgan fingerprint density at radius 1 is 1.44 bits per heavy atom. The van der Waals surface area contributed by atoms with Crippen LogP contribution in [0.25, 0.3) is 11.0 Å². The first kappa shape index (κ1) is 12.9. The molecule has 0 aliphatic rings. The van der Waals surface area contributed by atoms with Gasteiger partial charge in [0.05, 0.1) is 11.0 Å². The monoisotopic (exact) mass is 246 g/mol. The summed E-state index contributed by atoms with van der Waals surface area (Å²) in [6.45, 7) is 4.94. The van der Waals surface area contributed by atoms with Crippen LogP contribution in [0.5, 0.6) is 0 Å². The van der Waals surface area contributed by atoms with Gasteiger partial charge in [0.2, 0.25) is 0 Å². The van der Waals surface area contributed by atoms with E-state index < -0.39 is 0 Å². The summed E-state index contributed by atoms with van der Waals surface area (Å²) >= 11 is 0. The van der Waals surface area contributed by atoms with Gasteiger partial charge in [0, 0.05) is 25.8 Å². The highest BCUT2D eigenvalue weighted by atomic mass is 15.1. The van der Waals surface area contributed by atoms with E-state index in [1.165, 1.54) is 11.2 Å². The molecule has 0 saturated heterocycles. The van der Waals surface area contributed by atoms with Crippen LogP contribution in [0.4, 0.5) is 5.69 Å². The minimum atomic E-state index is 0.442. The van der Waals surface area contributed by atoms with Crippen molar-refractivity contribution in [3.63, 3.8) is 0 Å². The number of hydrogen-bond donors (Lipinski definition) is 1. The maximum absolute atomic E-state index is 5.62. The normalized spacial score (nSPS) is 12.9. The molecule has 0 fully saturated rings. The molecule has 0 aliphatic carbocycles. The minimum absolute atomic E-state index is 0.442. The third-order valence-corrected chi connectivity index (χ3v) is 3.74. The minimum Gasteiger partial charge on any atom is -0.372 e. The molecule has 0 amide bonds. The summed E-state index contributed by atoms with van der Waals surface area (Å²) in [6.07, 6.45) is 0.996. The van der Waals surface area contributed by atoms with Crippen molar-refractivity contribution in [1.29, 1.82) is 0 Å². The van der Waals surface area contributed by atoms with Crippen molar-refractivity contribution in [2.75, 3.05) is 18.5 Å². The van der Waals surface area contributed by atoms with Crippen molar-refractivity contribution in [3.8, 4) is 0 Å². The standard InChI is InChI=1S/C14H22N4/c1-10(7-8-15)17(3)12-5-6-14-13(9-12)16-11(2)18(14)4/h5-6,9-10H,7-8,15H2,1-4H3. The first-order valence-corrected chi connectivity index (χ1v) is 6.40. The van der Waals surface area contributed by atoms with Gasteiger partial charge in [-0.2, -0.15) is 0 Å².